The van der Waals surface area contributed by atoms with Crippen LogP contribution < -0.4 is 10.1 Å². The predicted octanol–water partition coefficient (Wildman–Crippen LogP) is 4.66. The van der Waals surface area contributed by atoms with Crippen molar-refractivity contribution in [1.29, 1.82) is 0 Å². The van der Waals surface area contributed by atoms with Crippen LogP contribution in [-0.4, -0.2) is 55.4 Å². The van der Waals surface area contributed by atoms with E-state index in [9.17, 15) is 4.39 Å². The number of nitrogens with one attached hydrogen (secondary N) is 1. The molecule has 1 fully saturated rings. The first kappa shape index (κ1) is 23.5. The summed E-state index contributed by atoms with van der Waals surface area (Å²) < 4.78 is 32.0. The highest BCUT2D eigenvalue weighted by Crippen LogP contribution is 2.36. The SMILES string of the molecule is CC(c1cc(F)cc2c1OCCOC2)N1CCC(OCCCCc2ccc3c(n2)NCCC3)C1. The Hall–Kier alpha value is -2.22. The van der Waals surface area contributed by atoms with Crippen molar-refractivity contribution in [2.75, 3.05) is 44.8 Å². The Bertz CT molecular complexity index is 986. The van der Waals surface area contributed by atoms with Crippen molar-refractivity contribution in [2.24, 2.45) is 0 Å². The number of hydrogen-bond donors (Lipinski definition) is 1. The molecule has 1 saturated heterocycles. The zero-order chi connectivity index (χ0) is 23.3. The minimum atomic E-state index is -0.231. The summed E-state index contributed by atoms with van der Waals surface area (Å²) in [5.41, 5.74) is 4.21. The lowest BCUT2D eigenvalue weighted by Crippen LogP contribution is -2.27. The summed E-state index contributed by atoms with van der Waals surface area (Å²) in [6, 6.07) is 7.62. The average molecular weight is 470 g/mol. The minimum Gasteiger partial charge on any atom is -0.490 e. The molecule has 3 aliphatic rings. The predicted molar refractivity (Wildman–Crippen MR) is 130 cm³/mol. The number of halogens is 1. The largest absolute Gasteiger partial charge is 0.490 e. The Morgan fingerprint density at radius 1 is 1.24 bits per heavy atom. The van der Waals surface area contributed by atoms with Gasteiger partial charge in [0.05, 0.1) is 19.3 Å². The second kappa shape index (κ2) is 11.0. The first-order valence-corrected chi connectivity index (χ1v) is 12.8. The molecule has 3 aliphatic heterocycles. The number of aryl methyl sites for hydroxylation is 2. The van der Waals surface area contributed by atoms with Gasteiger partial charge in [-0.25, -0.2) is 9.37 Å². The van der Waals surface area contributed by atoms with Crippen LogP contribution in [0.3, 0.4) is 0 Å². The Balaban J connectivity index is 1.08. The van der Waals surface area contributed by atoms with Crippen molar-refractivity contribution in [3.63, 3.8) is 0 Å². The summed E-state index contributed by atoms with van der Waals surface area (Å²) in [6.07, 6.45) is 6.64. The van der Waals surface area contributed by atoms with Crippen LogP contribution in [0.4, 0.5) is 10.2 Å². The normalized spacial score (nSPS) is 21.2. The molecule has 0 bridgehead atoms. The van der Waals surface area contributed by atoms with Crippen LogP contribution in [0.15, 0.2) is 24.3 Å². The second-order valence-corrected chi connectivity index (χ2v) is 9.63. The standard InChI is InChI=1S/C27H36FN3O3/c1-19(25-16-22(28)15-21-18-32-13-14-34-26(21)25)31-11-9-24(17-31)33-12-3-2-6-23-8-7-20-5-4-10-29-27(20)30-23/h7-8,15-16,19,24H,2-6,9-14,17-18H2,1H3,(H,29,30). The van der Waals surface area contributed by atoms with E-state index >= 15 is 0 Å². The zero-order valence-electron chi connectivity index (χ0n) is 20.2. The maximum Gasteiger partial charge on any atom is 0.129 e. The van der Waals surface area contributed by atoms with E-state index in [2.05, 4.69) is 29.3 Å². The number of likely N-dealkylation sites (tertiary alicyclic amines) is 1. The number of aromatic nitrogens is 1. The maximum absolute atomic E-state index is 14.3. The van der Waals surface area contributed by atoms with E-state index in [1.54, 1.807) is 6.07 Å². The third kappa shape index (κ3) is 5.53. The van der Waals surface area contributed by atoms with Gasteiger partial charge in [-0.2, -0.15) is 0 Å². The van der Waals surface area contributed by atoms with Gasteiger partial charge in [0.1, 0.15) is 24.0 Å². The van der Waals surface area contributed by atoms with Gasteiger partial charge in [-0.05, 0) is 69.2 Å². The van der Waals surface area contributed by atoms with Gasteiger partial charge in [-0.3, -0.25) is 4.90 Å². The van der Waals surface area contributed by atoms with Crippen molar-refractivity contribution in [2.45, 2.75) is 64.2 Å². The highest BCUT2D eigenvalue weighted by atomic mass is 19.1. The molecular formula is C27H36FN3O3. The Morgan fingerprint density at radius 3 is 3.12 bits per heavy atom. The van der Waals surface area contributed by atoms with Crippen LogP contribution in [0.2, 0.25) is 0 Å². The summed E-state index contributed by atoms with van der Waals surface area (Å²) in [6.45, 7) is 7.16. The van der Waals surface area contributed by atoms with Crippen LogP contribution in [0.25, 0.3) is 0 Å². The topological polar surface area (TPSA) is 55.9 Å². The van der Waals surface area contributed by atoms with Crippen molar-refractivity contribution >= 4 is 5.82 Å². The quantitative estimate of drug-likeness (QED) is 0.568. The van der Waals surface area contributed by atoms with E-state index in [0.717, 1.165) is 86.7 Å². The number of benzene rings is 1. The molecule has 1 aromatic heterocycles. The highest BCUT2D eigenvalue weighted by molar-refractivity contribution is 5.47. The fourth-order valence-electron chi connectivity index (χ4n) is 5.26. The second-order valence-electron chi connectivity index (χ2n) is 9.63. The summed E-state index contributed by atoms with van der Waals surface area (Å²) in [7, 11) is 0. The van der Waals surface area contributed by atoms with Crippen LogP contribution in [0.1, 0.15) is 61.0 Å². The van der Waals surface area contributed by atoms with E-state index in [1.165, 1.54) is 18.1 Å². The molecule has 0 spiro atoms. The van der Waals surface area contributed by atoms with Gasteiger partial charge in [0, 0.05) is 49.1 Å². The fraction of sp³-hybridized carbons (Fsp3) is 0.593. The first-order valence-electron chi connectivity index (χ1n) is 12.8. The molecule has 6 nitrogen and oxygen atoms in total. The number of pyridine rings is 1. The van der Waals surface area contributed by atoms with Crippen molar-refractivity contribution < 1.29 is 18.6 Å². The van der Waals surface area contributed by atoms with Gasteiger partial charge in [-0.1, -0.05) is 6.07 Å². The van der Waals surface area contributed by atoms with Crippen LogP contribution in [0.5, 0.6) is 5.75 Å². The van der Waals surface area contributed by atoms with Gasteiger partial charge >= 0.3 is 0 Å². The lowest BCUT2D eigenvalue weighted by atomic mass is 10.0. The molecule has 0 amide bonds. The Morgan fingerprint density at radius 2 is 2.18 bits per heavy atom. The number of nitrogens with zero attached hydrogens (tertiary/aromatic N) is 2. The number of ether oxygens (including phenoxy) is 3. The number of anilines is 1. The van der Waals surface area contributed by atoms with Crippen LogP contribution in [-0.2, 0) is 28.9 Å². The maximum atomic E-state index is 14.3. The number of hydrogen-bond acceptors (Lipinski definition) is 6. The molecule has 5 rings (SSSR count). The van der Waals surface area contributed by atoms with E-state index in [-0.39, 0.29) is 18.0 Å². The lowest BCUT2D eigenvalue weighted by molar-refractivity contribution is 0.0533. The summed E-state index contributed by atoms with van der Waals surface area (Å²) in [4.78, 5) is 7.16. The third-order valence-corrected chi connectivity index (χ3v) is 7.20. The molecule has 184 valence electrons. The minimum absolute atomic E-state index is 0.0693. The van der Waals surface area contributed by atoms with E-state index < -0.39 is 0 Å². The molecule has 7 heteroatoms. The molecule has 1 N–H and O–H groups in total. The summed E-state index contributed by atoms with van der Waals surface area (Å²) in [5, 5.41) is 3.41. The van der Waals surface area contributed by atoms with E-state index in [1.807, 2.05) is 0 Å². The first-order chi connectivity index (χ1) is 16.7. The van der Waals surface area contributed by atoms with Crippen molar-refractivity contribution in [3.8, 4) is 5.75 Å². The van der Waals surface area contributed by atoms with Gasteiger partial charge < -0.3 is 19.5 Å². The zero-order valence-corrected chi connectivity index (χ0v) is 20.2. The van der Waals surface area contributed by atoms with Crippen molar-refractivity contribution in [1.82, 2.24) is 9.88 Å². The molecule has 1 aromatic carbocycles. The van der Waals surface area contributed by atoms with Crippen molar-refractivity contribution in [3.05, 3.63) is 52.5 Å². The number of rotatable bonds is 8. The number of fused-ring (bicyclic) bond motifs is 2. The average Bonchev–Trinajstić information content (AvgIpc) is 3.20. The van der Waals surface area contributed by atoms with E-state index in [0.29, 0.717) is 19.8 Å². The Labute approximate surface area is 201 Å². The molecule has 2 atom stereocenters. The monoisotopic (exact) mass is 469 g/mol. The molecule has 2 unspecified atom stereocenters. The van der Waals surface area contributed by atoms with Gasteiger partial charge in [0.25, 0.3) is 0 Å². The van der Waals surface area contributed by atoms with Gasteiger partial charge in [0.15, 0.2) is 0 Å². The molecule has 34 heavy (non-hydrogen) atoms. The summed E-state index contributed by atoms with van der Waals surface area (Å²) >= 11 is 0. The summed E-state index contributed by atoms with van der Waals surface area (Å²) in [5.74, 6) is 1.64. The highest BCUT2D eigenvalue weighted by Gasteiger charge is 2.30. The molecule has 0 saturated carbocycles. The van der Waals surface area contributed by atoms with Crippen LogP contribution >= 0.6 is 0 Å². The smallest absolute Gasteiger partial charge is 0.129 e. The molecule has 0 aliphatic carbocycles. The van der Waals surface area contributed by atoms with Gasteiger partial charge in [0.2, 0.25) is 0 Å². The fourth-order valence-corrected chi connectivity index (χ4v) is 5.26. The van der Waals surface area contributed by atoms with Crippen LogP contribution in [0, 0.1) is 5.82 Å². The molecule has 2 aromatic rings. The Kier molecular flexibility index (Phi) is 7.62. The van der Waals surface area contributed by atoms with Gasteiger partial charge in [-0.15, -0.1) is 0 Å². The number of unbranched alkanes of at least 4 members (excludes halogenated alkanes) is 1. The van der Waals surface area contributed by atoms with E-state index in [4.69, 9.17) is 19.2 Å². The lowest BCUT2D eigenvalue weighted by Gasteiger charge is -2.27. The molecular weight excluding hydrogens is 433 g/mol. The third-order valence-electron chi connectivity index (χ3n) is 7.20. The molecule has 4 heterocycles. The molecule has 0 radical (unpaired) electrons.